The first-order valence-electron chi connectivity index (χ1n) is 6.70. The van der Waals surface area contributed by atoms with E-state index in [4.69, 9.17) is 11.5 Å². The Bertz CT molecular complexity index is 475. The Labute approximate surface area is 119 Å². The highest BCUT2D eigenvalue weighted by Crippen LogP contribution is 2.18. The fraction of sp³-hybridized carbons (Fsp3) is 0.467. The maximum absolute atomic E-state index is 12.4. The van der Waals surface area contributed by atoms with Crippen LogP contribution >= 0.6 is 0 Å². The number of hydrogen-bond donors (Lipinski definition) is 2. The van der Waals surface area contributed by atoms with E-state index in [1.807, 2.05) is 37.3 Å². The van der Waals surface area contributed by atoms with Crippen molar-refractivity contribution in [3.63, 3.8) is 0 Å². The van der Waals surface area contributed by atoms with Gasteiger partial charge in [-0.2, -0.15) is 0 Å². The molecule has 0 saturated heterocycles. The highest BCUT2D eigenvalue weighted by molar-refractivity contribution is 5.91. The van der Waals surface area contributed by atoms with E-state index in [0.717, 1.165) is 5.56 Å². The molecule has 0 heterocycles. The van der Waals surface area contributed by atoms with E-state index in [1.165, 1.54) is 4.90 Å². The zero-order chi connectivity index (χ0) is 15.3. The summed E-state index contributed by atoms with van der Waals surface area (Å²) in [5, 5.41) is 0. The summed E-state index contributed by atoms with van der Waals surface area (Å²) in [4.78, 5) is 25.3. The molecule has 4 N–H and O–H groups in total. The fourth-order valence-corrected chi connectivity index (χ4v) is 2.02. The first-order chi connectivity index (χ1) is 9.32. The second-order valence-electron chi connectivity index (χ2n) is 5.19. The first kappa shape index (κ1) is 16.2. The van der Waals surface area contributed by atoms with Crippen LogP contribution in [0.4, 0.5) is 0 Å². The van der Waals surface area contributed by atoms with Gasteiger partial charge in [-0.1, -0.05) is 37.3 Å². The predicted molar refractivity (Wildman–Crippen MR) is 78.8 cm³/mol. The summed E-state index contributed by atoms with van der Waals surface area (Å²) in [6, 6.07) is 8.85. The van der Waals surface area contributed by atoms with Gasteiger partial charge in [-0.05, 0) is 25.3 Å². The molecule has 5 heteroatoms. The lowest BCUT2D eigenvalue weighted by molar-refractivity contribution is -0.144. The van der Waals surface area contributed by atoms with Crippen LogP contribution < -0.4 is 11.5 Å². The van der Waals surface area contributed by atoms with Gasteiger partial charge in [-0.15, -0.1) is 0 Å². The van der Waals surface area contributed by atoms with Gasteiger partial charge in [0.1, 0.15) is 5.54 Å². The van der Waals surface area contributed by atoms with Crippen molar-refractivity contribution in [3.05, 3.63) is 35.9 Å². The number of likely N-dealkylation sites (N-methyl/N-ethyl adjacent to an activating group) is 1. The van der Waals surface area contributed by atoms with Gasteiger partial charge in [-0.25, -0.2) is 0 Å². The second-order valence-corrected chi connectivity index (χ2v) is 5.19. The molecule has 0 aliphatic carbocycles. The van der Waals surface area contributed by atoms with E-state index in [-0.39, 0.29) is 5.91 Å². The number of nitrogens with zero attached hydrogens (tertiary/aromatic N) is 1. The summed E-state index contributed by atoms with van der Waals surface area (Å²) in [5.74, 6) is -0.806. The molecule has 2 amide bonds. The van der Waals surface area contributed by atoms with Gasteiger partial charge in [0.05, 0.1) is 6.04 Å². The van der Waals surface area contributed by atoms with Crippen LogP contribution in [0, 0.1) is 0 Å². The number of carbonyl (C=O) groups excluding carboxylic acids is 2. The average molecular weight is 277 g/mol. The third-order valence-electron chi connectivity index (χ3n) is 3.91. The van der Waals surface area contributed by atoms with E-state index in [9.17, 15) is 9.59 Å². The highest BCUT2D eigenvalue weighted by Gasteiger charge is 2.38. The summed E-state index contributed by atoms with van der Waals surface area (Å²) >= 11 is 0. The molecule has 0 spiro atoms. The Morgan fingerprint density at radius 1 is 1.30 bits per heavy atom. The molecule has 0 saturated carbocycles. The van der Waals surface area contributed by atoms with Gasteiger partial charge < -0.3 is 16.4 Å². The van der Waals surface area contributed by atoms with Crippen molar-refractivity contribution in [1.29, 1.82) is 0 Å². The van der Waals surface area contributed by atoms with Crippen molar-refractivity contribution in [2.24, 2.45) is 11.5 Å². The molecule has 0 fully saturated rings. The van der Waals surface area contributed by atoms with Crippen molar-refractivity contribution >= 4 is 11.8 Å². The van der Waals surface area contributed by atoms with E-state index >= 15 is 0 Å². The van der Waals surface area contributed by atoms with Crippen LogP contribution in [0.25, 0.3) is 0 Å². The molecule has 20 heavy (non-hydrogen) atoms. The van der Waals surface area contributed by atoms with E-state index in [1.54, 1.807) is 14.0 Å². The van der Waals surface area contributed by atoms with Crippen LogP contribution in [0.15, 0.2) is 30.3 Å². The minimum absolute atomic E-state index is 0.281. The van der Waals surface area contributed by atoms with Gasteiger partial charge in [0, 0.05) is 7.05 Å². The minimum Gasteiger partial charge on any atom is -0.368 e. The lowest BCUT2D eigenvalue weighted by Crippen LogP contribution is -2.59. The summed E-state index contributed by atoms with van der Waals surface area (Å²) in [7, 11) is 1.57. The van der Waals surface area contributed by atoms with Gasteiger partial charge in [-0.3, -0.25) is 9.59 Å². The summed E-state index contributed by atoms with van der Waals surface area (Å²) in [6.45, 7) is 3.47. The second kappa shape index (κ2) is 6.52. The Kier molecular flexibility index (Phi) is 5.27. The minimum atomic E-state index is -1.01. The molecule has 1 unspecified atom stereocenters. The monoisotopic (exact) mass is 277 g/mol. The third kappa shape index (κ3) is 3.36. The Morgan fingerprint density at radius 2 is 1.85 bits per heavy atom. The lowest BCUT2D eigenvalue weighted by atomic mass is 9.94. The van der Waals surface area contributed by atoms with Crippen molar-refractivity contribution in [1.82, 2.24) is 4.90 Å². The Balaban J connectivity index is 2.81. The fourth-order valence-electron chi connectivity index (χ4n) is 2.02. The Morgan fingerprint density at radius 3 is 2.30 bits per heavy atom. The maximum atomic E-state index is 12.4. The van der Waals surface area contributed by atoms with Crippen molar-refractivity contribution in [3.8, 4) is 0 Å². The Hall–Kier alpha value is -1.88. The standard InChI is InChI=1S/C15H23N3O2/c1-4-15(2,14(17)20)18(3)13(19)12(16)10-11-8-6-5-7-9-11/h5-9,12H,4,10,16H2,1-3H3,(H2,17,20)/t12-,15?/m0/s1. The molecule has 0 aliphatic rings. The normalized spacial score (nSPS) is 15.2. The first-order valence-corrected chi connectivity index (χ1v) is 6.70. The van der Waals surface area contributed by atoms with E-state index in [2.05, 4.69) is 0 Å². The van der Waals surface area contributed by atoms with Crippen molar-refractivity contribution in [2.45, 2.75) is 38.3 Å². The van der Waals surface area contributed by atoms with Gasteiger partial charge in [0.2, 0.25) is 11.8 Å². The SMILES string of the molecule is CCC(C)(C(N)=O)N(C)C(=O)[C@@H](N)Cc1ccccc1. The number of nitrogens with two attached hydrogens (primary N) is 2. The maximum Gasteiger partial charge on any atom is 0.243 e. The zero-order valence-electron chi connectivity index (χ0n) is 12.3. The highest BCUT2D eigenvalue weighted by atomic mass is 16.2. The largest absolute Gasteiger partial charge is 0.368 e. The molecular formula is C15H23N3O2. The molecular weight excluding hydrogens is 254 g/mol. The van der Waals surface area contributed by atoms with Crippen LogP contribution in [0.3, 0.4) is 0 Å². The van der Waals surface area contributed by atoms with Crippen LogP contribution in [0.5, 0.6) is 0 Å². The average Bonchev–Trinajstić information content (AvgIpc) is 2.45. The summed E-state index contributed by atoms with van der Waals surface area (Å²) in [5.41, 5.74) is 11.3. The van der Waals surface area contributed by atoms with Crippen LogP contribution in [0.1, 0.15) is 25.8 Å². The van der Waals surface area contributed by atoms with Crippen LogP contribution in [0.2, 0.25) is 0 Å². The van der Waals surface area contributed by atoms with Crippen LogP contribution in [-0.4, -0.2) is 35.3 Å². The lowest BCUT2D eigenvalue weighted by Gasteiger charge is -2.36. The van der Waals surface area contributed by atoms with Gasteiger partial charge in [0.25, 0.3) is 0 Å². The number of hydrogen-bond acceptors (Lipinski definition) is 3. The predicted octanol–water partition coefficient (Wildman–Crippen LogP) is 0.669. The molecule has 2 atom stereocenters. The third-order valence-corrected chi connectivity index (χ3v) is 3.91. The number of primary amides is 1. The number of carbonyl (C=O) groups is 2. The molecule has 0 aromatic heterocycles. The molecule has 0 radical (unpaired) electrons. The quantitative estimate of drug-likeness (QED) is 0.800. The zero-order valence-corrected chi connectivity index (χ0v) is 12.3. The molecule has 0 aliphatic heterocycles. The summed E-state index contributed by atoms with van der Waals surface area (Å²) in [6.07, 6.45) is 0.880. The molecule has 1 aromatic rings. The molecule has 110 valence electrons. The number of amides is 2. The topological polar surface area (TPSA) is 89.4 Å². The van der Waals surface area contributed by atoms with Gasteiger partial charge in [0.15, 0.2) is 0 Å². The molecule has 5 nitrogen and oxygen atoms in total. The van der Waals surface area contributed by atoms with E-state index < -0.39 is 17.5 Å². The van der Waals surface area contributed by atoms with Gasteiger partial charge >= 0.3 is 0 Å². The summed E-state index contributed by atoms with van der Waals surface area (Å²) < 4.78 is 0. The molecule has 1 aromatic carbocycles. The van der Waals surface area contributed by atoms with Crippen molar-refractivity contribution in [2.75, 3.05) is 7.05 Å². The molecule has 0 bridgehead atoms. The number of benzene rings is 1. The smallest absolute Gasteiger partial charge is 0.243 e. The van der Waals surface area contributed by atoms with Crippen LogP contribution in [-0.2, 0) is 16.0 Å². The number of rotatable bonds is 6. The van der Waals surface area contributed by atoms with Crippen molar-refractivity contribution < 1.29 is 9.59 Å². The molecule has 1 rings (SSSR count). The van der Waals surface area contributed by atoms with E-state index in [0.29, 0.717) is 12.8 Å².